The highest BCUT2D eigenvalue weighted by Crippen LogP contribution is 2.32. The molecule has 3 heterocycles. The van der Waals surface area contributed by atoms with E-state index in [0.29, 0.717) is 65.2 Å². The Balaban J connectivity index is 1.32. The Bertz CT molecular complexity index is 1440. The molecule has 37 heavy (non-hydrogen) atoms. The Morgan fingerprint density at radius 2 is 1.78 bits per heavy atom. The highest BCUT2D eigenvalue weighted by molar-refractivity contribution is 6.30. The predicted molar refractivity (Wildman–Crippen MR) is 141 cm³/mol. The molecular weight excluding hydrogens is 496 g/mol. The van der Waals surface area contributed by atoms with E-state index in [2.05, 4.69) is 9.97 Å². The number of nitrogens with zero attached hydrogens (tertiary/aromatic N) is 5. The first-order valence-electron chi connectivity index (χ1n) is 11.6. The Morgan fingerprint density at radius 3 is 2.49 bits per heavy atom. The topological polar surface area (TPSA) is 127 Å². The van der Waals surface area contributed by atoms with Crippen LogP contribution >= 0.6 is 11.6 Å². The van der Waals surface area contributed by atoms with Gasteiger partial charge in [-0.3, -0.25) is 4.79 Å². The van der Waals surface area contributed by atoms with E-state index < -0.39 is 0 Å². The molecule has 1 saturated heterocycles. The molecule has 11 heteroatoms. The van der Waals surface area contributed by atoms with Gasteiger partial charge in [-0.25, -0.2) is 9.97 Å². The van der Waals surface area contributed by atoms with E-state index in [1.165, 1.54) is 7.11 Å². The summed E-state index contributed by atoms with van der Waals surface area (Å²) in [7, 11) is 1.50. The summed E-state index contributed by atoms with van der Waals surface area (Å²) in [6, 6.07) is 15.6. The quantitative estimate of drug-likeness (QED) is 0.393. The molecule has 0 bridgehead atoms. The number of hydrogen-bond donors (Lipinski definition) is 2. The Kier molecular flexibility index (Phi) is 6.82. The molecule has 1 fully saturated rings. The van der Waals surface area contributed by atoms with Gasteiger partial charge in [-0.2, -0.15) is 4.98 Å². The van der Waals surface area contributed by atoms with Crippen LogP contribution in [0.25, 0.3) is 22.3 Å². The van der Waals surface area contributed by atoms with Crippen LogP contribution in [-0.2, 0) is 4.79 Å². The van der Waals surface area contributed by atoms with E-state index in [0.717, 1.165) is 5.56 Å². The number of aromatic nitrogens is 3. The fraction of sp³-hybridized carbons (Fsp3) is 0.231. The summed E-state index contributed by atoms with van der Waals surface area (Å²) < 4.78 is 10.7. The van der Waals surface area contributed by atoms with Crippen LogP contribution < -0.4 is 20.1 Å². The number of benzene rings is 2. The first kappa shape index (κ1) is 24.4. The number of amides is 1. The lowest BCUT2D eigenvalue weighted by molar-refractivity contribution is -0.133. The number of piperazine rings is 1. The number of nitrogens with two attached hydrogens (primary N) is 1. The van der Waals surface area contributed by atoms with E-state index in [-0.39, 0.29) is 24.2 Å². The van der Waals surface area contributed by atoms with Crippen molar-refractivity contribution in [2.75, 3.05) is 50.5 Å². The minimum Gasteiger partial charge on any atom is -0.504 e. The van der Waals surface area contributed by atoms with Gasteiger partial charge in [-0.1, -0.05) is 11.6 Å². The van der Waals surface area contributed by atoms with Crippen molar-refractivity contribution in [1.29, 1.82) is 0 Å². The summed E-state index contributed by atoms with van der Waals surface area (Å²) in [5, 5.41) is 10.8. The third-order valence-electron chi connectivity index (χ3n) is 6.12. The fourth-order valence-electron chi connectivity index (χ4n) is 4.18. The van der Waals surface area contributed by atoms with E-state index in [1.807, 2.05) is 23.1 Å². The van der Waals surface area contributed by atoms with Crippen LogP contribution in [0.4, 0.5) is 11.8 Å². The number of fused-ring (bicyclic) bond motifs is 1. The van der Waals surface area contributed by atoms with Crippen molar-refractivity contribution in [2.45, 2.75) is 0 Å². The molecule has 190 valence electrons. The van der Waals surface area contributed by atoms with Gasteiger partial charge in [-0.15, -0.1) is 0 Å². The van der Waals surface area contributed by atoms with Crippen LogP contribution in [0.2, 0.25) is 5.02 Å². The lowest BCUT2D eigenvalue weighted by atomic mass is 10.1. The van der Waals surface area contributed by atoms with Crippen LogP contribution in [0.15, 0.2) is 54.6 Å². The van der Waals surface area contributed by atoms with Gasteiger partial charge in [-0.05, 0) is 54.6 Å². The van der Waals surface area contributed by atoms with Crippen molar-refractivity contribution in [1.82, 2.24) is 19.9 Å². The third-order valence-corrected chi connectivity index (χ3v) is 6.38. The molecule has 0 atom stereocenters. The lowest BCUT2D eigenvalue weighted by Crippen LogP contribution is -2.50. The lowest BCUT2D eigenvalue weighted by Gasteiger charge is -2.35. The Labute approximate surface area is 218 Å². The molecule has 0 radical (unpaired) electrons. The van der Waals surface area contributed by atoms with Crippen molar-refractivity contribution in [3.63, 3.8) is 0 Å². The maximum atomic E-state index is 12.7. The van der Waals surface area contributed by atoms with Crippen LogP contribution in [0, 0.1) is 0 Å². The first-order chi connectivity index (χ1) is 17.9. The summed E-state index contributed by atoms with van der Waals surface area (Å²) in [6.45, 7) is 2.05. The van der Waals surface area contributed by atoms with Gasteiger partial charge < -0.3 is 30.1 Å². The Hall–Kier alpha value is -4.31. The summed E-state index contributed by atoms with van der Waals surface area (Å²) >= 11 is 5.89. The zero-order valence-corrected chi connectivity index (χ0v) is 20.9. The molecule has 3 N–H and O–H groups in total. The van der Waals surface area contributed by atoms with E-state index in [1.54, 1.807) is 41.3 Å². The maximum Gasteiger partial charge on any atom is 0.260 e. The molecule has 0 aliphatic carbocycles. The summed E-state index contributed by atoms with van der Waals surface area (Å²) in [6.07, 6.45) is 0. The summed E-state index contributed by atoms with van der Waals surface area (Å²) in [5.74, 6) is 1.65. The van der Waals surface area contributed by atoms with Crippen LogP contribution in [-0.4, -0.2) is 70.8 Å². The van der Waals surface area contributed by atoms with Gasteiger partial charge in [0.1, 0.15) is 11.3 Å². The van der Waals surface area contributed by atoms with Gasteiger partial charge in [0.05, 0.1) is 18.3 Å². The molecule has 0 spiro atoms. The van der Waals surface area contributed by atoms with E-state index >= 15 is 0 Å². The van der Waals surface area contributed by atoms with E-state index in [9.17, 15) is 9.90 Å². The molecule has 10 nitrogen and oxygen atoms in total. The zero-order valence-electron chi connectivity index (χ0n) is 20.1. The minimum absolute atomic E-state index is 0.0245. The van der Waals surface area contributed by atoms with Crippen molar-refractivity contribution < 1.29 is 19.4 Å². The minimum atomic E-state index is -0.0959. The zero-order chi connectivity index (χ0) is 25.9. The molecule has 1 amide bonds. The second kappa shape index (κ2) is 10.4. The second-order valence-corrected chi connectivity index (χ2v) is 8.90. The SMILES string of the molecule is COc1ccc(-c2ccc3nc(N)nc(N4CCN(C(=O)COc5ccc(Cl)cc5)CC4)c3n2)cc1O. The molecule has 0 saturated carbocycles. The van der Waals surface area contributed by atoms with Gasteiger partial charge >= 0.3 is 0 Å². The summed E-state index contributed by atoms with van der Waals surface area (Å²) in [4.78, 5) is 30.1. The number of carbonyl (C=O) groups is 1. The smallest absolute Gasteiger partial charge is 0.260 e. The number of anilines is 2. The van der Waals surface area contributed by atoms with Gasteiger partial charge in [0.15, 0.2) is 23.9 Å². The van der Waals surface area contributed by atoms with Gasteiger partial charge in [0, 0.05) is 36.8 Å². The van der Waals surface area contributed by atoms with Crippen molar-refractivity contribution in [2.24, 2.45) is 0 Å². The average Bonchev–Trinajstić information content (AvgIpc) is 2.92. The van der Waals surface area contributed by atoms with Crippen molar-refractivity contribution in [3.8, 4) is 28.5 Å². The van der Waals surface area contributed by atoms with Crippen molar-refractivity contribution in [3.05, 3.63) is 59.6 Å². The number of rotatable bonds is 6. The number of nitrogen functional groups attached to an aromatic ring is 1. The summed E-state index contributed by atoms with van der Waals surface area (Å²) in [5.41, 5.74) is 8.57. The van der Waals surface area contributed by atoms with Crippen LogP contribution in [0.1, 0.15) is 0 Å². The molecule has 5 rings (SSSR count). The largest absolute Gasteiger partial charge is 0.504 e. The van der Waals surface area contributed by atoms with E-state index in [4.69, 9.17) is 31.8 Å². The molecule has 1 aliphatic heterocycles. The molecule has 1 aliphatic rings. The second-order valence-electron chi connectivity index (χ2n) is 8.47. The average molecular weight is 521 g/mol. The third kappa shape index (κ3) is 5.29. The number of methoxy groups -OCH3 is 1. The highest BCUT2D eigenvalue weighted by atomic mass is 35.5. The molecule has 2 aromatic carbocycles. The van der Waals surface area contributed by atoms with Gasteiger partial charge in [0.2, 0.25) is 5.95 Å². The molecule has 2 aromatic heterocycles. The number of halogens is 1. The number of phenols is 1. The fourth-order valence-corrected chi connectivity index (χ4v) is 4.31. The monoisotopic (exact) mass is 520 g/mol. The first-order valence-corrected chi connectivity index (χ1v) is 12.0. The molecular formula is C26H25ClN6O4. The standard InChI is InChI=1S/C26H25ClN6O4/c1-36-22-9-2-16(14-21(22)34)19-7-8-20-24(29-19)25(31-26(28)30-20)33-12-10-32(11-13-33)23(35)15-37-18-5-3-17(27)4-6-18/h2-9,14,34H,10-13,15H2,1H3,(H2,28,30,31). The number of hydrogen-bond acceptors (Lipinski definition) is 9. The predicted octanol–water partition coefficient (Wildman–Crippen LogP) is 3.37. The van der Waals surface area contributed by atoms with Gasteiger partial charge in [0.25, 0.3) is 5.91 Å². The number of aromatic hydroxyl groups is 1. The maximum absolute atomic E-state index is 12.7. The number of pyridine rings is 1. The highest BCUT2D eigenvalue weighted by Gasteiger charge is 2.25. The molecule has 0 unspecified atom stereocenters. The van der Waals surface area contributed by atoms with Crippen LogP contribution in [0.3, 0.4) is 0 Å². The van der Waals surface area contributed by atoms with Crippen molar-refractivity contribution >= 4 is 40.3 Å². The Morgan fingerprint density at radius 1 is 1.03 bits per heavy atom. The normalized spacial score (nSPS) is 13.6. The number of carbonyl (C=O) groups excluding carboxylic acids is 1. The number of ether oxygens (including phenoxy) is 2. The molecule has 4 aromatic rings. The van der Waals surface area contributed by atoms with Crippen LogP contribution in [0.5, 0.6) is 17.2 Å². The number of phenolic OH excluding ortho intramolecular Hbond substituents is 1.